The van der Waals surface area contributed by atoms with Crippen LogP contribution in [0.25, 0.3) is 0 Å². The highest BCUT2D eigenvalue weighted by Gasteiger charge is 2.24. The molecule has 0 atom stereocenters. The molecular weight excluding hydrogens is 234 g/mol. The van der Waals surface area contributed by atoms with E-state index in [2.05, 4.69) is 4.99 Å². The van der Waals surface area contributed by atoms with Gasteiger partial charge < -0.3 is 9.47 Å². The van der Waals surface area contributed by atoms with Crippen LogP contribution in [0.4, 0.5) is 0 Å². The molecule has 1 aromatic rings. The number of ether oxygens (including phenoxy) is 2. The molecule has 0 unspecified atom stereocenters. The summed E-state index contributed by atoms with van der Waals surface area (Å²) in [4.78, 5) is 27.5. The average Bonchev–Trinajstić information content (AvgIpc) is 2.92. The van der Waals surface area contributed by atoms with Gasteiger partial charge in [-0.1, -0.05) is 12.1 Å². The first kappa shape index (κ1) is 12.3. The monoisotopic (exact) mass is 247 g/mol. The molecule has 18 heavy (non-hydrogen) atoms. The lowest BCUT2D eigenvalue weighted by Crippen LogP contribution is -2.20. The van der Waals surface area contributed by atoms with E-state index in [9.17, 15) is 9.59 Å². The van der Waals surface area contributed by atoms with Crippen molar-refractivity contribution in [3.63, 3.8) is 0 Å². The van der Waals surface area contributed by atoms with Gasteiger partial charge in [0, 0.05) is 11.1 Å². The molecule has 2 rings (SSSR count). The predicted octanol–water partition coefficient (Wildman–Crippen LogP) is 1.21. The van der Waals surface area contributed by atoms with Crippen molar-refractivity contribution in [3.8, 4) is 0 Å². The summed E-state index contributed by atoms with van der Waals surface area (Å²) in [5.41, 5.74) is 0.796. The molecule has 0 aliphatic carbocycles. The Balaban J connectivity index is 2.33. The van der Waals surface area contributed by atoms with Gasteiger partial charge in [-0.3, -0.25) is 4.79 Å². The van der Waals surface area contributed by atoms with E-state index < -0.39 is 11.8 Å². The third kappa shape index (κ3) is 2.40. The van der Waals surface area contributed by atoms with Crippen LogP contribution in [-0.4, -0.2) is 37.4 Å². The van der Waals surface area contributed by atoms with Crippen LogP contribution in [0.5, 0.6) is 0 Å². The molecular formula is C13H13NO4. The van der Waals surface area contributed by atoms with Gasteiger partial charge in [-0.25, -0.2) is 9.79 Å². The van der Waals surface area contributed by atoms with Gasteiger partial charge in [0.2, 0.25) is 5.90 Å². The lowest BCUT2D eigenvalue weighted by molar-refractivity contribution is -0.137. The van der Waals surface area contributed by atoms with Crippen LogP contribution in [0.2, 0.25) is 0 Å². The van der Waals surface area contributed by atoms with Crippen molar-refractivity contribution in [1.29, 1.82) is 0 Å². The van der Waals surface area contributed by atoms with Gasteiger partial charge in [0.05, 0.1) is 13.2 Å². The summed E-state index contributed by atoms with van der Waals surface area (Å²) < 4.78 is 10.0. The Morgan fingerprint density at radius 1 is 1.39 bits per heavy atom. The van der Waals surface area contributed by atoms with Gasteiger partial charge >= 0.3 is 5.97 Å². The summed E-state index contributed by atoms with van der Waals surface area (Å²) in [5, 5.41) is 0. The Bertz CT molecular complexity index is 507. The SMILES string of the molecule is CCOC(=O)C(=O)c1ccccc1C1=NCCO1. The number of rotatable bonds is 4. The fraction of sp³-hybridized carbons (Fsp3) is 0.308. The van der Waals surface area contributed by atoms with Crippen molar-refractivity contribution in [2.45, 2.75) is 6.92 Å². The summed E-state index contributed by atoms with van der Waals surface area (Å²) in [6.45, 7) is 2.89. The summed E-state index contributed by atoms with van der Waals surface area (Å²) in [5.74, 6) is -1.13. The van der Waals surface area contributed by atoms with E-state index >= 15 is 0 Å². The minimum Gasteiger partial charge on any atom is -0.475 e. The summed E-state index contributed by atoms with van der Waals surface area (Å²) in [6.07, 6.45) is 0. The molecule has 1 aliphatic rings. The van der Waals surface area contributed by atoms with Crippen molar-refractivity contribution in [3.05, 3.63) is 35.4 Å². The topological polar surface area (TPSA) is 65.0 Å². The quantitative estimate of drug-likeness (QED) is 0.455. The number of ketones is 1. The van der Waals surface area contributed by atoms with E-state index in [1.165, 1.54) is 0 Å². The standard InChI is InChI=1S/C13H13NO4/c1-2-17-13(16)11(15)9-5-3-4-6-10(9)12-14-7-8-18-12/h3-6H,2,7-8H2,1H3. The van der Waals surface area contributed by atoms with Gasteiger partial charge in [0.1, 0.15) is 6.61 Å². The highest BCUT2D eigenvalue weighted by Crippen LogP contribution is 2.15. The van der Waals surface area contributed by atoms with Crippen LogP contribution >= 0.6 is 0 Å². The van der Waals surface area contributed by atoms with E-state index in [0.717, 1.165) is 0 Å². The van der Waals surface area contributed by atoms with Crippen LogP contribution in [-0.2, 0) is 14.3 Å². The minimum atomic E-state index is -0.858. The number of Topliss-reactive ketones (excluding diaryl/α,β-unsaturated/α-hetero) is 1. The molecule has 0 saturated heterocycles. The second-order valence-corrected chi connectivity index (χ2v) is 3.63. The average molecular weight is 247 g/mol. The number of hydrogen-bond donors (Lipinski definition) is 0. The number of aliphatic imine (C=N–C) groups is 1. The van der Waals surface area contributed by atoms with Crippen LogP contribution in [0.15, 0.2) is 29.3 Å². The third-order valence-corrected chi connectivity index (χ3v) is 2.45. The van der Waals surface area contributed by atoms with Crippen LogP contribution < -0.4 is 0 Å². The Hall–Kier alpha value is -2.17. The zero-order chi connectivity index (χ0) is 13.0. The largest absolute Gasteiger partial charge is 0.475 e. The fourth-order valence-electron chi connectivity index (χ4n) is 1.67. The second kappa shape index (κ2) is 5.44. The van der Waals surface area contributed by atoms with E-state index in [1.807, 2.05) is 0 Å². The van der Waals surface area contributed by atoms with Crippen molar-refractivity contribution in [1.82, 2.24) is 0 Å². The van der Waals surface area contributed by atoms with Gasteiger partial charge in [-0.2, -0.15) is 0 Å². The van der Waals surface area contributed by atoms with Gasteiger partial charge in [-0.15, -0.1) is 0 Å². The molecule has 1 aliphatic heterocycles. The summed E-state index contributed by atoms with van der Waals surface area (Å²) in [6, 6.07) is 6.72. The number of carbonyl (C=O) groups excluding carboxylic acids is 2. The molecule has 1 aromatic carbocycles. The Morgan fingerprint density at radius 2 is 2.17 bits per heavy atom. The Morgan fingerprint density at radius 3 is 2.83 bits per heavy atom. The fourth-order valence-corrected chi connectivity index (χ4v) is 1.67. The maximum Gasteiger partial charge on any atom is 0.379 e. The van der Waals surface area contributed by atoms with E-state index in [-0.39, 0.29) is 12.2 Å². The molecule has 0 saturated carbocycles. The molecule has 0 bridgehead atoms. The van der Waals surface area contributed by atoms with Crippen LogP contribution in [0.3, 0.4) is 0 Å². The molecule has 94 valence electrons. The Labute approximate surface area is 104 Å². The van der Waals surface area contributed by atoms with Crippen molar-refractivity contribution in [2.75, 3.05) is 19.8 Å². The van der Waals surface area contributed by atoms with E-state index in [4.69, 9.17) is 9.47 Å². The molecule has 0 spiro atoms. The normalized spacial score (nSPS) is 13.7. The molecule has 0 fully saturated rings. The highest BCUT2D eigenvalue weighted by atomic mass is 16.5. The first-order valence-electron chi connectivity index (χ1n) is 5.72. The van der Waals surface area contributed by atoms with Crippen molar-refractivity contribution >= 4 is 17.7 Å². The zero-order valence-corrected chi connectivity index (χ0v) is 10.0. The maximum atomic E-state index is 11.9. The highest BCUT2D eigenvalue weighted by molar-refractivity contribution is 6.42. The van der Waals surface area contributed by atoms with Crippen molar-refractivity contribution < 1.29 is 19.1 Å². The second-order valence-electron chi connectivity index (χ2n) is 3.63. The molecule has 0 aromatic heterocycles. The third-order valence-electron chi connectivity index (χ3n) is 2.45. The molecule has 0 N–H and O–H groups in total. The molecule has 0 amide bonds. The minimum absolute atomic E-state index is 0.171. The predicted molar refractivity (Wildman–Crippen MR) is 64.8 cm³/mol. The van der Waals surface area contributed by atoms with E-state index in [1.54, 1.807) is 31.2 Å². The molecule has 5 nitrogen and oxygen atoms in total. The molecule has 1 heterocycles. The number of nitrogens with zero attached hydrogens (tertiary/aromatic N) is 1. The maximum absolute atomic E-state index is 11.9. The lowest BCUT2D eigenvalue weighted by Gasteiger charge is -2.07. The first-order valence-corrected chi connectivity index (χ1v) is 5.72. The summed E-state index contributed by atoms with van der Waals surface area (Å²) in [7, 11) is 0. The van der Waals surface area contributed by atoms with Crippen LogP contribution in [0.1, 0.15) is 22.8 Å². The van der Waals surface area contributed by atoms with Crippen molar-refractivity contribution in [2.24, 2.45) is 4.99 Å². The zero-order valence-electron chi connectivity index (χ0n) is 10.0. The first-order chi connectivity index (χ1) is 8.74. The summed E-state index contributed by atoms with van der Waals surface area (Å²) >= 11 is 0. The van der Waals surface area contributed by atoms with E-state index in [0.29, 0.717) is 24.6 Å². The Kier molecular flexibility index (Phi) is 3.72. The van der Waals surface area contributed by atoms with Gasteiger partial charge in [-0.05, 0) is 19.1 Å². The van der Waals surface area contributed by atoms with Crippen LogP contribution in [0, 0.1) is 0 Å². The lowest BCUT2D eigenvalue weighted by atomic mass is 10.0. The smallest absolute Gasteiger partial charge is 0.379 e. The number of esters is 1. The van der Waals surface area contributed by atoms with Gasteiger partial charge in [0.25, 0.3) is 5.78 Å². The number of carbonyl (C=O) groups is 2. The number of benzene rings is 1. The molecule has 5 heteroatoms. The number of hydrogen-bond acceptors (Lipinski definition) is 5. The molecule has 0 radical (unpaired) electrons. The van der Waals surface area contributed by atoms with Gasteiger partial charge in [0.15, 0.2) is 0 Å².